The molecule has 2 aromatic heterocycles. The molecule has 0 atom stereocenters. The van der Waals surface area contributed by atoms with Gasteiger partial charge in [-0.05, 0) is 22.4 Å². The third-order valence-electron chi connectivity index (χ3n) is 4.48. The smallest absolute Gasteiger partial charge is 0.294 e. The fraction of sp³-hybridized carbons (Fsp3) is 0.0500. The van der Waals surface area contributed by atoms with Crippen LogP contribution in [0.3, 0.4) is 0 Å². The van der Waals surface area contributed by atoms with Gasteiger partial charge in [-0.1, -0.05) is 41.6 Å². The van der Waals surface area contributed by atoms with Gasteiger partial charge in [0.25, 0.3) is 5.91 Å². The summed E-state index contributed by atoms with van der Waals surface area (Å²) in [5.74, 6) is -1.60. The zero-order valence-electron chi connectivity index (χ0n) is 17.0. The first-order valence-electron chi connectivity index (χ1n) is 9.32. The highest BCUT2D eigenvalue weighted by Crippen LogP contribution is 2.28. The van der Waals surface area contributed by atoms with Crippen LogP contribution in [0.25, 0.3) is 17.1 Å². The summed E-state index contributed by atoms with van der Waals surface area (Å²) < 4.78 is 11.1. The maximum atomic E-state index is 12.9. The average Bonchev–Trinajstić information content (AvgIpc) is 3.45. The molecule has 0 aliphatic rings. The molecule has 2 heterocycles. The van der Waals surface area contributed by atoms with Crippen molar-refractivity contribution in [2.75, 3.05) is 12.8 Å². The van der Waals surface area contributed by atoms with E-state index >= 15 is 0 Å². The summed E-state index contributed by atoms with van der Waals surface area (Å²) in [6.45, 7) is 0. The number of hydrogen-bond donors (Lipinski definition) is 2. The molecule has 0 saturated carbocycles. The third kappa shape index (κ3) is 4.23. The van der Waals surface area contributed by atoms with Crippen LogP contribution in [-0.2, 0) is 0 Å². The minimum atomic E-state index is -1.37. The number of carbonyl (C=O) groups is 2. The number of benzene rings is 2. The first-order chi connectivity index (χ1) is 16.0. The summed E-state index contributed by atoms with van der Waals surface area (Å²) in [4.78, 5) is 24.1. The Bertz CT molecular complexity index is 1360. The maximum Gasteiger partial charge on any atom is 0.294 e. The quantitative estimate of drug-likeness (QED) is 0.289. The number of hydrazone groups is 1. The lowest BCUT2D eigenvalue weighted by Crippen LogP contribution is -2.24. The van der Waals surface area contributed by atoms with E-state index in [0.29, 0.717) is 11.3 Å². The molecule has 0 spiro atoms. The van der Waals surface area contributed by atoms with Crippen LogP contribution in [0, 0.1) is 0 Å². The van der Waals surface area contributed by atoms with Crippen molar-refractivity contribution in [1.29, 1.82) is 0 Å². The Hall–Kier alpha value is -5.07. The van der Waals surface area contributed by atoms with Crippen molar-refractivity contribution in [3.63, 3.8) is 0 Å². The molecule has 13 heteroatoms. The number of amides is 1. The van der Waals surface area contributed by atoms with Crippen molar-refractivity contribution in [1.82, 2.24) is 30.7 Å². The first kappa shape index (κ1) is 21.2. The van der Waals surface area contributed by atoms with Crippen molar-refractivity contribution in [3.05, 3.63) is 65.4 Å². The molecule has 0 unspecified atom stereocenters. The lowest BCUT2D eigenvalue weighted by atomic mass is 10.1. The number of carboxylic acids is 1. The summed E-state index contributed by atoms with van der Waals surface area (Å²) in [6, 6.07) is 12.9. The molecular formula is C20H15N8O5-. The number of nitrogens with one attached hydrogen (secondary N) is 1. The second-order valence-electron chi connectivity index (χ2n) is 6.48. The van der Waals surface area contributed by atoms with Crippen molar-refractivity contribution < 1.29 is 24.1 Å². The highest BCUT2D eigenvalue weighted by molar-refractivity contribution is 6.00. The Morgan fingerprint density at radius 2 is 2.03 bits per heavy atom. The van der Waals surface area contributed by atoms with E-state index in [4.69, 9.17) is 10.5 Å². The molecule has 4 aromatic rings. The average molecular weight is 447 g/mol. The number of anilines is 1. The first-order valence-corrected chi connectivity index (χ1v) is 9.32. The predicted octanol–water partition coefficient (Wildman–Crippen LogP) is 0.0355. The standard InChI is InChI=1S/C20H16N8O5/c1-32-13-7-4-6-11(9-13)16-15(23-27-28(16)18-17(21)25-33-26-18)19(29)24-22-10-12-5-2-3-8-14(12)20(30)31/h2-10H,1H3,(H2,21,25)(H,24,29)(H,30,31)/p-1/b22-10-. The molecule has 0 bridgehead atoms. The topological polar surface area (TPSA) is 186 Å². The largest absolute Gasteiger partial charge is 0.545 e. The number of methoxy groups -OCH3 is 1. The normalized spacial score (nSPS) is 10.9. The van der Waals surface area contributed by atoms with Crippen LogP contribution in [0.4, 0.5) is 5.82 Å². The van der Waals surface area contributed by atoms with E-state index in [1.54, 1.807) is 36.4 Å². The highest BCUT2D eigenvalue weighted by Gasteiger charge is 2.25. The third-order valence-corrected chi connectivity index (χ3v) is 4.48. The second-order valence-corrected chi connectivity index (χ2v) is 6.48. The second kappa shape index (κ2) is 8.97. The van der Waals surface area contributed by atoms with Crippen LogP contribution in [0.15, 0.2) is 58.3 Å². The van der Waals surface area contributed by atoms with E-state index in [1.165, 1.54) is 30.1 Å². The van der Waals surface area contributed by atoms with Crippen LogP contribution < -0.4 is 21.0 Å². The molecule has 166 valence electrons. The zero-order chi connectivity index (χ0) is 23.4. The number of nitrogens with zero attached hydrogens (tertiary/aromatic N) is 6. The van der Waals surface area contributed by atoms with Crippen LogP contribution in [0.2, 0.25) is 0 Å². The Kier molecular flexibility index (Phi) is 5.75. The Morgan fingerprint density at radius 3 is 2.76 bits per heavy atom. The van der Waals surface area contributed by atoms with Crippen molar-refractivity contribution >= 4 is 23.9 Å². The predicted molar refractivity (Wildman–Crippen MR) is 111 cm³/mol. The molecule has 0 radical (unpaired) electrons. The number of nitrogen functional groups attached to an aromatic ring is 1. The number of aromatic nitrogens is 5. The lowest BCUT2D eigenvalue weighted by Gasteiger charge is -2.08. The van der Waals surface area contributed by atoms with E-state index in [2.05, 4.69) is 35.8 Å². The van der Waals surface area contributed by atoms with Gasteiger partial charge in [0, 0.05) is 16.7 Å². The minimum Gasteiger partial charge on any atom is -0.545 e. The van der Waals surface area contributed by atoms with Gasteiger partial charge < -0.3 is 20.4 Å². The molecule has 0 aliphatic heterocycles. The fourth-order valence-corrected chi connectivity index (χ4v) is 2.96. The van der Waals surface area contributed by atoms with Gasteiger partial charge in [0.05, 0.1) is 19.3 Å². The van der Waals surface area contributed by atoms with Gasteiger partial charge in [-0.25, -0.2) is 10.1 Å². The molecule has 0 aliphatic carbocycles. The lowest BCUT2D eigenvalue weighted by molar-refractivity contribution is -0.255. The van der Waals surface area contributed by atoms with E-state index in [0.717, 1.165) is 0 Å². The summed E-state index contributed by atoms with van der Waals surface area (Å²) in [5.41, 5.74) is 8.88. The molecule has 2 aromatic carbocycles. The fourth-order valence-electron chi connectivity index (χ4n) is 2.96. The zero-order valence-corrected chi connectivity index (χ0v) is 17.0. The number of carbonyl (C=O) groups excluding carboxylic acids is 2. The summed E-state index contributed by atoms with van der Waals surface area (Å²) in [7, 11) is 1.50. The van der Waals surface area contributed by atoms with Gasteiger partial charge in [0.1, 0.15) is 11.4 Å². The van der Waals surface area contributed by atoms with E-state index in [9.17, 15) is 14.7 Å². The molecule has 13 nitrogen and oxygen atoms in total. The number of hydrogen-bond acceptors (Lipinski definition) is 11. The maximum absolute atomic E-state index is 12.9. The summed E-state index contributed by atoms with van der Waals surface area (Å²) >= 11 is 0. The van der Waals surface area contributed by atoms with E-state index < -0.39 is 11.9 Å². The number of rotatable bonds is 7. The van der Waals surface area contributed by atoms with Crippen LogP contribution in [0.5, 0.6) is 5.75 Å². The molecule has 0 saturated heterocycles. The summed E-state index contributed by atoms with van der Waals surface area (Å²) in [6.07, 6.45) is 1.18. The van der Waals surface area contributed by atoms with Gasteiger partial charge in [-0.2, -0.15) is 9.78 Å². The molecule has 4 rings (SSSR count). The van der Waals surface area contributed by atoms with Crippen LogP contribution in [0.1, 0.15) is 26.4 Å². The van der Waals surface area contributed by atoms with Crippen LogP contribution in [-0.4, -0.2) is 50.5 Å². The number of carboxylic acid groups (broad SMARTS) is 1. The molecule has 3 N–H and O–H groups in total. The summed E-state index contributed by atoms with van der Waals surface area (Å²) in [5, 5.41) is 30.2. The monoisotopic (exact) mass is 447 g/mol. The Morgan fingerprint density at radius 1 is 1.21 bits per heavy atom. The van der Waals surface area contributed by atoms with Crippen LogP contribution >= 0.6 is 0 Å². The van der Waals surface area contributed by atoms with Gasteiger partial charge in [0.2, 0.25) is 11.6 Å². The molecule has 33 heavy (non-hydrogen) atoms. The molecule has 1 amide bonds. The van der Waals surface area contributed by atoms with Crippen molar-refractivity contribution in [3.8, 4) is 22.8 Å². The SMILES string of the molecule is COc1cccc(-c2c(C(=O)N/N=C\c3ccccc3C(=O)[O-])nnn2-c2nonc2N)c1. The van der Waals surface area contributed by atoms with Crippen molar-refractivity contribution in [2.24, 2.45) is 5.10 Å². The number of aromatic carboxylic acids is 1. The van der Waals surface area contributed by atoms with Crippen molar-refractivity contribution in [2.45, 2.75) is 0 Å². The molecular weight excluding hydrogens is 432 g/mol. The van der Waals surface area contributed by atoms with E-state index in [1.807, 2.05) is 0 Å². The number of nitrogens with two attached hydrogens (primary N) is 1. The molecule has 0 fully saturated rings. The highest BCUT2D eigenvalue weighted by atomic mass is 16.6. The Balaban J connectivity index is 1.70. The Labute approximate surface area is 185 Å². The number of ether oxygens (including phenoxy) is 1. The van der Waals surface area contributed by atoms with Gasteiger partial charge >= 0.3 is 0 Å². The van der Waals surface area contributed by atoms with E-state index in [-0.39, 0.29) is 34.2 Å². The minimum absolute atomic E-state index is 0.0331. The van der Waals surface area contributed by atoms with Gasteiger partial charge in [-0.15, -0.1) is 5.10 Å². The van der Waals surface area contributed by atoms with Gasteiger partial charge in [-0.3, -0.25) is 4.79 Å². The van der Waals surface area contributed by atoms with Gasteiger partial charge in [0.15, 0.2) is 5.69 Å².